The predicted octanol–water partition coefficient (Wildman–Crippen LogP) is 3.57. The van der Waals surface area contributed by atoms with E-state index in [1.54, 1.807) is 0 Å². The molecule has 0 amide bonds. The second kappa shape index (κ2) is 4.99. The molecular formula is C13H13NS. The maximum absolute atomic E-state index is 4.54. The van der Waals surface area contributed by atoms with Crippen molar-refractivity contribution in [2.45, 2.75) is 6.42 Å². The third-order valence-corrected chi connectivity index (χ3v) is 2.46. The molecule has 0 bridgehead atoms. The Morgan fingerprint density at radius 2 is 2.00 bits per heavy atom. The van der Waals surface area contributed by atoms with E-state index in [1.807, 2.05) is 30.3 Å². The van der Waals surface area contributed by atoms with Gasteiger partial charge in [0.15, 0.2) is 0 Å². The minimum atomic E-state index is 0.879. The molecule has 0 spiro atoms. The highest BCUT2D eigenvalue weighted by Gasteiger charge is 1.93. The molecule has 1 heterocycles. The van der Waals surface area contributed by atoms with Crippen molar-refractivity contribution in [1.29, 1.82) is 0 Å². The van der Waals surface area contributed by atoms with Crippen LogP contribution in [0.25, 0.3) is 17.0 Å². The van der Waals surface area contributed by atoms with E-state index in [0.29, 0.717) is 0 Å². The van der Waals surface area contributed by atoms with E-state index in [2.05, 4.69) is 35.8 Å². The molecule has 0 aliphatic carbocycles. The molecule has 0 unspecified atom stereocenters. The van der Waals surface area contributed by atoms with Crippen molar-refractivity contribution >= 4 is 29.6 Å². The second-order valence-corrected chi connectivity index (χ2v) is 3.79. The Kier molecular flexibility index (Phi) is 3.41. The highest BCUT2D eigenvalue weighted by molar-refractivity contribution is 7.80. The fraction of sp³-hybridized carbons (Fsp3) is 0.154. The predicted molar refractivity (Wildman–Crippen MR) is 69.2 cm³/mol. The summed E-state index contributed by atoms with van der Waals surface area (Å²) in [5.41, 5.74) is 2.06. The van der Waals surface area contributed by atoms with Gasteiger partial charge in [-0.2, -0.15) is 12.6 Å². The quantitative estimate of drug-likeness (QED) is 0.772. The van der Waals surface area contributed by atoms with Crippen molar-refractivity contribution in [2.24, 2.45) is 0 Å². The monoisotopic (exact) mass is 215 g/mol. The number of pyridine rings is 1. The minimum Gasteiger partial charge on any atom is -0.248 e. The van der Waals surface area contributed by atoms with Crippen molar-refractivity contribution in [2.75, 3.05) is 5.75 Å². The second-order valence-electron chi connectivity index (χ2n) is 3.34. The number of benzene rings is 1. The molecule has 15 heavy (non-hydrogen) atoms. The van der Waals surface area contributed by atoms with Crippen LogP contribution < -0.4 is 0 Å². The van der Waals surface area contributed by atoms with Crippen molar-refractivity contribution in [3.8, 4) is 0 Å². The lowest BCUT2D eigenvalue weighted by Crippen LogP contribution is -1.82. The number of hydrogen-bond donors (Lipinski definition) is 1. The van der Waals surface area contributed by atoms with Gasteiger partial charge in [-0.15, -0.1) is 0 Å². The summed E-state index contributed by atoms with van der Waals surface area (Å²) in [5, 5.41) is 1.18. The summed E-state index contributed by atoms with van der Waals surface area (Å²) in [5.74, 6) is 0.879. The summed E-state index contributed by atoms with van der Waals surface area (Å²) in [4.78, 5) is 4.54. The van der Waals surface area contributed by atoms with Crippen LogP contribution in [0.5, 0.6) is 0 Å². The standard InChI is InChI=1S/C13H13NS/c15-10-4-3-6-12-9-8-11-5-1-2-7-13(11)14-12/h1-3,5-9,15H,4,10H2. The van der Waals surface area contributed by atoms with E-state index in [9.17, 15) is 0 Å². The molecule has 2 rings (SSSR count). The number of hydrogen-bond acceptors (Lipinski definition) is 2. The molecule has 0 atom stereocenters. The zero-order valence-electron chi connectivity index (χ0n) is 8.43. The first kappa shape index (κ1) is 10.2. The molecule has 2 aromatic rings. The van der Waals surface area contributed by atoms with Crippen LogP contribution >= 0.6 is 12.6 Å². The van der Waals surface area contributed by atoms with Gasteiger partial charge in [-0.05, 0) is 30.4 Å². The molecule has 0 radical (unpaired) electrons. The number of aromatic nitrogens is 1. The first-order valence-electron chi connectivity index (χ1n) is 5.03. The number of rotatable bonds is 3. The van der Waals surface area contributed by atoms with E-state index in [0.717, 1.165) is 23.4 Å². The van der Waals surface area contributed by atoms with Gasteiger partial charge < -0.3 is 0 Å². The van der Waals surface area contributed by atoms with Gasteiger partial charge in [-0.1, -0.05) is 30.3 Å². The largest absolute Gasteiger partial charge is 0.248 e. The van der Waals surface area contributed by atoms with E-state index in [1.165, 1.54) is 5.39 Å². The molecule has 76 valence electrons. The molecule has 0 N–H and O–H groups in total. The van der Waals surface area contributed by atoms with Crippen LogP contribution in [0.15, 0.2) is 42.5 Å². The van der Waals surface area contributed by atoms with Crippen LogP contribution in [0.4, 0.5) is 0 Å². The third kappa shape index (κ3) is 2.60. The first-order valence-corrected chi connectivity index (χ1v) is 5.66. The Hall–Kier alpha value is -1.28. The lowest BCUT2D eigenvalue weighted by molar-refractivity contribution is 1.25. The molecule has 2 heteroatoms. The highest BCUT2D eigenvalue weighted by atomic mass is 32.1. The SMILES string of the molecule is SCCC=Cc1ccc2ccccc2n1. The van der Waals surface area contributed by atoms with Crippen molar-refractivity contribution in [3.63, 3.8) is 0 Å². The summed E-state index contributed by atoms with van der Waals surface area (Å²) < 4.78 is 0. The Labute approximate surface area is 95.3 Å². The third-order valence-electron chi connectivity index (χ3n) is 2.20. The van der Waals surface area contributed by atoms with Crippen molar-refractivity contribution in [1.82, 2.24) is 4.98 Å². The van der Waals surface area contributed by atoms with E-state index in [-0.39, 0.29) is 0 Å². The van der Waals surface area contributed by atoms with E-state index < -0.39 is 0 Å². The van der Waals surface area contributed by atoms with Crippen LogP contribution in [0, 0.1) is 0 Å². The topological polar surface area (TPSA) is 12.9 Å². The van der Waals surface area contributed by atoms with Gasteiger partial charge in [0, 0.05) is 5.39 Å². The number of nitrogens with zero attached hydrogens (tertiary/aromatic N) is 1. The molecule has 0 fully saturated rings. The Bertz CT molecular complexity index is 477. The maximum atomic E-state index is 4.54. The van der Waals surface area contributed by atoms with E-state index >= 15 is 0 Å². The van der Waals surface area contributed by atoms with Crippen molar-refractivity contribution in [3.05, 3.63) is 48.2 Å². The van der Waals surface area contributed by atoms with Crippen LogP contribution in [-0.4, -0.2) is 10.7 Å². The van der Waals surface area contributed by atoms with Gasteiger partial charge in [-0.25, -0.2) is 4.98 Å². The van der Waals surface area contributed by atoms with Gasteiger partial charge >= 0.3 is 0 Å². The van der Waals surface area contributed by atoms with Gasteiger partial charge in [-0.3, -0.25) is 0 Å². The minimum absolute atomic E-state index is 0.879. The summed E-state index contributed by atoms with van der Waals surface area (Å²) >= 11 is 4.15. The fourth-order valence-corrected chi connectivity index (χ4v) is 1.60. The number of fused-ring (bicyclic) bond motifs is 1. The summed E-state index contributed by atoms with van der Waals surface area (Å²) in [6.07, 6.45) is 5.13. The Morgan fingerprint density at radius 1 is 1.13 bits per heavy atom. The average molecular weight is 215 g/mol. The van der Waals surface area contributed by atoms with Gasteiger partial charge in [0.05, 0.1) is 11.2 Å². The lowest BCUT2D eigenvalue weighted by Gasteiger charge is -1.97. The number of para-hydroxylation sites is 1. The maximum Gasteiger partial charge on any atom is 0.0709 e. The molecular weight excluding hydrogens is 202 g/mol. The lowest BCUT2D eigenvalue weighted by atomic mass is 10.2. The first-order chi connectivity index (χ1) is 7.40. The molecule has 1 aromatic heterocycles. The molecule has 1 aromatic carbocycles. The Morgan fingerprint density at radius 3 is 2.87 bits per heavy atom. The highest BCUT2D eigenvalue weighted by Crippen LogP contribution is 2.12. The van der Waals surface area contributed by atoms with Crippen LogP contribution in [0.3, 0.4) is 0 Å². The number of thiol groups is 1. The molecule has 0 saturated heterocycles. The summed E-state index contributed by atoms with van der Waals surface area (Å²) in [6, 6.07) is 12.3. The smallest absolute Gasteiger partial charge is 0.0709 e. The molecule has 0 aliphatic rings. The zero-order chi connectivity index (χ0) is 10.5. The van der Waals surface area contributed by atoms with Crippen LogP contribution in [0.1, 0.15) is 12.1 Å². The van der Waals surface area contributed by atoms with Crippen LogP contribution in [0.2, 0.25) is 0 Å². The van der Waals surface area contributed by atoms with Crippen molar-refractivity contribution < 1.29 is 0 Å². The van der Waals surface area contributed by atoms with Gasteiger partial charge in [0.2, 0.25) is 0 Å². The normalized spacial score (nSPS) is 11.3. The molecule has 1 nitrogen and oxygen atoms in total. The molecule has 0 saturated carbocycles. The van der Waals surface area contributed by atoms with Crippen LogP contribution in [-0.2, 0) is 0 Å². The summed E-state index contributed by atoms with van der Waals surface area (Å²) in [6.45, 7) is 0. The van der Waals surface area contributed by atoms with Gasteiger partial charge in [0.1, 0.15) is 0 Å². The van der Waals surface area contributed by atoms with Gasteiger partial charge in [0.25, 0.3) is 0 Å². The zero-order valence-corrected chi connectivity index (χ0v) is 9.32. The number of allylic oxidation sites excluding steroid dienone is 1. The summed E-state index contributed by atoms with van der Waals surface area (Å²) in [7, 11) is 0. The Balaban J connectivity index is 2.30. The molecule has 0 aliphatic heterocycles. The fourth-order valence-electron chi connectivity index (χ4n) is 1.45. The average Bonchev–Trinajstić information content (AvgIpc) is 2.29. The van der Waals surface area contributed by atoms with E-state index in [4.69, 9.17) is 0 Å².